The molecule has 0 aliphatic carbocycles. The SMILES string of the molecule is C=NC(Nc1ccccc1)SC. The first-order valence-electron chi connectivity index (χ1n) is 3.67. The summed E-state index contributed by atoms with van der Waals surface area (Å²) in [5, 5.41) is 3.21. The molecule has 1 aromatic carbocycles. The quantitative estimate of drug-likeness (QED) is 0.568. The van der Waals surface area contributed by atoms with E-state index in [2.05, 4.69) is 17.0 Å². The minimum absolute atomic E-state index is 0.0485. The van der Waals surface area contributed by atoms with Gasteiger partial charge in [0.15, 0.2) is 5.50 Å². The van der Waals surface area contributed by atoms with Crippen LogP contribution in [0.2, 0.25) is 0 Å². The van der Waals surface area contributed by atoms with Gasteiger partial charge in [0.05, 0.1) is 0 Å². The van der Waals surface area contributed by atoms with Gasteiger partial charge in [-0.25, -0.2) is 0 Å². The van der Waals surface area contributed by atoms with Crippen molar-refractivity contribution >= 4 is 24.2 Å². The van der Waals surface area contributed by atoms with Crippen LogP contribution in [0, 0.1) is 0 Å². The van der Waals surface area contributed by atoms with Crippen LogP contribution in [0.5, 0.6) is 0 Å². The van der Waals surface area contributed by atoms with Crippen molar-refractivity contribution in [3.63, 3.8) is 0 Å². The molecule has 0 saturated heterocycles. The molecule has 0 fully saturated rings. The van der Waals surface area contributed by atoms with Gasteiger partial charge >= 0.3 is 0 Å². The summed E-state index contributed by atoms with van der Waals surface area (Å²) in [5.41, 5.74) is 1.12. The summed E-state index contributed by atoms with van der Waals surface area (Å²) >= 11 is 1.62. The highest BCUT2D eigenvalue weighted by molar-refractivity contribution is 7.99. The Balaban J connectivity index is 2.56. The minimum atomic E-state index is 0.0485. The number of anilines is 1. The van der Waals surface area contributed by atoms with E-state index >= 15 is 0 Å². The summed E-state index contributed by atoms with van der Waals surface area (Å²) in [6.45, 7) is 3.49. The van der Waals surface area contributed by atoms with Crippen LogP contribution < -0.4 is 5.32 Å². The number of aliphatic imine (C=N–C) groups is 1. The van der Waals surface area contributed by atoms with Crippen molar-refractivity contribution in [3.8, 4) is 0 Å². The first kappa shape index (κ1) is 9.13. The van der Waals surface area contributed by atoms with Crippen molar-refractivity contribution in [2.24, 2.45) is 4.99 Å². The lowest BCUT2D eigenvalue weighted by molar-refractivity contribution is 1.08. The number of thioether (sulfide) groups is 1. The summed E-state index contributed by atoms with van der Waals surface area (Å²) in [5.74, 6) is 0. The number of nitrogens with one attached hydrogen (secondary N) is 1. The van der Waals surface area contributed by atoms with E-state index in [1.54, 1.807) is 11.8 Å². The first-order valence-corrected chi connectivity index (χ1v) is 4.96. The monoisotopic (exact) mass is 180 g/mol. The maximum atomic E-state index is 3.90. The first-order chi connectivity index (χ1) is 5.86. The number of nitrogens with zero attached hydrogens (tertiary/aromatic N) is 1. The van der Waals surface area contributed by atoms with E-state index in [9.17, 15) is 0 Å². The largest absolute Gasteiger partial charge is 0.355 e. The second kappa shape index (κ2) is 4.83. The van der Waals surface area contributed by atoms with Gasteiger partial charge in [-0.3, -0.25) is 4.99 Å². The van der Waals surface area contributed by atoms with Crippen molar-refractivity contribution in [2.45, 2.75) is 5.50 Å². The summed E-state index contributed by atoms with van der Waals surface area (Å²) in [4.78, 5) is 3.90. The Kier molecular flexibility index (Phi) is 3.67. The fraction of sp³-hybridized carbons (Fsp3) is 0.222. The van der Waals surface area contributed by atoms with E-state index in [-0.39, 0.29) is 5.50 Å². The van der Waals surface area contributed by atoms with Crippen molar-refractivity contribution in [3.05, 3.63) is 30.3 Å². The average molecular weight is 180 g/mol. The van der Waals surface area contributed by atoms with E-state index in [1.165, 1.54) is 0 Å². The molecule has 1 rings (SSSR count). The van der Waals surface area contributed by atoms with E-state index in [4.69, 9.17) is 0 Å². The molecule has 0 amide bonds. The molecule has 0 bridgehead atoms. The third-order valence-electron chi connectivity index (χ3n) is 1.45. The van der Waals surface area contributed by atoms with Crippen molar-refractivity contribution < 1.29 is 0 Å². The van der Waals surface area contributed by atoms with Crippen LogP contribution in [0.15, 0.2) is 35.3 Å². The summed E-state index contributed by atoms with van der Waals surface area (Å²) in [6, 6.07) is 9.98. The lowest BCUT2D eigenvalue weighted by Crippen LogP contribution is -2.10. The zero-order chi connectivity index (χ0) is 8.81. The second-order valence-electron chi connectivity index (χ2n) is 2.28. The Bertz CT molecular complexity index is 236. The average Bonchev–Trinajstić information content (AvgIpc) is 2.16. The molecule has 1 unspecified atom stereocenters. The smallest absolute Gasteiger partial charge is 0.165 e. The van der Waals surface area contributed by atoms with Gasteiger partial charge in [-0.2, -0.15) is 0 Å². The Morgan fingerprint density at radius 2 is 2.08 bits per heavy atom. The fourth-order valence-electron chi connectivity index (χ4n) is 0.856. The molecular formula is C9H12N2S. The molecule has 64 valence electrons. The van der Waals surface area contributed by atoms with Crippen LogP contribution in [-0.4, -0.2) is 18.5 Å². The second-order valence-corrected chi connectivity index (χ2v) is 3.20. The zero-order valence-electron chi connectivity index (χ0n) is 7.03. The molecule has 1 N–H and O–H groups in total. The normalized spacial score (nSPS) is 12.1. The standard InChI is InChI=1S/C9H12N2S/c1-10-9(12-2)11-8-6-4-3-5-7-8/h3-7,9,11H,1H2,2H3. The molecule has 1 aromatic rings. The molecule has 1 atom stereocenters. The highest BCUT2D eigenvalue weighted by Gasteiger charge is 1.99. The Morgan fingerprint density at radius 1 is 1.42 bits per heavy atom. The third kappa shape index (κ3) is 2.58. The number of hydrogen-bond donors (Lipinski definition) is 1. The molecule has 0 aliphatic rings. The van der Waals surface area contributed by atoms with Crippen LogP contribution >= 0.6 is 11.8 Å². The Hall–Kier alpha value is -0.960. The van der Waals surface area contributed by atoms with E-state index in [0.29, 0.717) is 0 Å². The predicted molar refractivity (Wildman–Crippen MR) is 56.9 cm³/mol. The van der Waals surface area contributed by atoms with Crippen LogP contribution in [0.4, 0.5) is 5.69 Å². The maximum Gasteiger partial charge on any atom is 0.165 e. The molecule has 12 heavy (non-hydrogen) atoms. The summed E-state index contributed by atoms with van der Waals surface area (Å²) in [7, 11) is 0. The third-order valence-corrected chi connectivity index (χ3v) is 2.17. The maximum absolute atomic E-state index is 3.90. The van der Waals surface area contributed by atoms with Gasteiger partial charge in [-0.05, 0) is 25.1 Å². The highest BCUT2D eigenvalue weighted by Crippen LogP contribution is 2.13. The van der Waals surface area contributed by atoms with Gasteiger partial charge in [0.1, 0.15) is 0 Å². The van der Waals surface area contributed by atoms with E-state index < -0.39 is 0 Å². The van der Waals surface area contributed by atoms with Gasteiger partial charge in [0, 0.05) is 5.69 Å². The van der Waals surface area contributed by atoms with Crippen LogP contribution in [0.25, 0.3) is 0 Å². The van der Waals surface area contributed by atoms with E-state index in [1.807, 2.05) is 36.6 Å². The molecule has 0 heterocycles. The molecule has 0 saturated carbocycles. The molecule has 0 aromatic heterocycles. The van der Waals surface area contributed by atoms with Crippen LogP contribution in [0.3, 0.4) is 0 Å². The zero-order valence-corrected chi connectivity index (χ0v) is 7.84. The Labute approximate surface area is 77.1 Å². The van der Waals surface area contributed by atoms with Gasteiger partial charge in [-0.15, -0.1) is 11.8 Å². The van der Waals surface area contributed by atoms with Crippen molar-refractivity contribution in [2.75, 3.05) is 11.6 Å². The van der Waals surface area contributed by atoms with Crippen LogP contribution in [0.1, 0.15) is 0 Å². The molecule has 0 aliphatic heterocycles. The Morgan fingerprint density at radius 3 is 2.58 bits per heavy atom. The number of hydrogen-bond acceptors (Lipinski definition) is 3. The van der Waals surface area contributed by atoms with Gasteiger partial charge < -0.3 is 5.32 Å². The minimum Gasteiger partial charge on any atom is -0.355 e. The molecular weight excluding hydrogens is 168 g/mol. The number of benzene rings is 1. The van der Waals surface area contributed by atoms with Crippen molar-refractivity contribution in [1.29, 1.82) is 0 Å². The lowest BCUT2D eigenvalue weighted by Gasteiger charge is -2.11. The fourth-order valence-corrected chi connectivity index (χ4v) is 1.26. The van der Waals surface area contributed by atoms with Gasteiger partial charge in [0.2, 0.25) is 0 Å². The lowest BCUT2D eigenvalue weighted by atomic mass is 10.3. The number of para-hydroxylation sites is 1. The van der Waals surface area contributed by atoms with Crippen LogP contribution in [-0.2, 0) is 0 Å². The van der Waals surface area contributed by atoms with Gasteiger partial charge in [0.25, 0.3) is 0 Å². The molecule has 3 heteroatoms. The molecule has 2 nitrogen and oxygen atoms in total. The van der Waals surface area contributed by atoms with E-state index in [0.717, 1.165) is 5.69 Å². The summed E-state index contributed by atoms with van der Waals surface area (Å²) < 4.78 is 0. The van der Waals surface area contributed by atoms with Crippen molar-refractivity contribution in [1.82, 2.24) is 0 Å². The number of rotatable bonds is 4. The van der Waals surface area contributed by atoms with Gasteiger partial charge in [-0.1, -0.05) is 18.2 Å². The highest BCUT2D eigenvalue weighted by atomic mass is 32.2. The molecule has 0 spiro atoms. The topological polar surface area (TPSA) is 24.4 Å². The molecule has 0 radical (unpaired) electrons. The predicted octanol–water partition coefficient (Wildman–Crippen LogP) is 2.45. The summed E-state index contributed by atoms with van der Waals surface area (Å²) in [6.07, 6.45) is 2.00.